The van der Waals surface area contributed by atoms with E-state index in [1.807, 2.05) is 0 Å². The average molecular weight is 304 g/mol. The lowest BCUT2D eigenvalue weighted by molar-refractivity contribution is 0.304. The van der Waals surface area contributed by atoms with E-state index in [0.29, 0.717) is 0 Å². The van der Waals surface area contributed by atoms with Crippen LogP contribution >= 0.6 is 0 Å². The van der Waals surface area contributed by atoms with Gasteiger partial charge >= 0.3 is 0 Å². The zero-order chi connectivity index (χ0) is 15.3. The maximum atomic E-state index is 6.38. The van der Waals surface area contributed by atoms with E-state index in [4.69, 9.17) is 4.43 Å². The van der Waals surface area contributed by atoms with Gasteiger partial charge in [0.1, 0.15) is 0 Å². The van der Waals surface area contributed by atoms with Crippen molar-refractivity contribution in [2.75, 3.05) is 6.61 Å². The minimum absolute atomic E-state index is 0.866. The SMILES string of the molecule is CCc1cccc2c(CCO[Si](CC)(CC)CC)c[nH]c12. The van der Waals surface area contributed by atoms with E-state index in [2.05, 4.69) is 57.1 Å². The number of benzene rings is 1. The Kier molecular flexibility index (Phi) is 5.65. The molecule has 1 aromatic carbocycles. The number of aromatic nitrogens is 1. The zero-order valence-electron chi connectivity index (χ0n) is 14.0. The largest absolute Gasteiger partial charge is 0.416 e. The number of H-pyrrole nitrogens is 1. The van der Waals surface area contributed by atoms with Crippen LogP contribution < -0.4 is 0 Å². The van der Waals surface area contributed by atoms with Crippen LogP contribution in [-0.2, 0) is 17.3 Å². The molecule has 1 N–H and O–H groups in total. The molecule has 0 saturated heterocycles. The maximum Gasteiger partial charge on any atom is 0.191 e. The molecule has 0 bridgehead atoms. The topological polar surface area (TPSA) is 25.0 Å². The van der Waals surface area contributed by atoms with Gasteiger partial charge in [-0.3, -0.25) is 0 Å². The Bertz CT molecular complexity index is 563. The molecule has 1 heterocycles. The van der Waals surface area contributed by atoms with Crippen molar-refractivity contribution in [2.24, 2.45) is 0 Å². The van der Waals surface area contributed by atoms with Crippen LogP contribution in [0.1, 0.15) is 38.8 Å². The van der Waals surface area contributed by atoms with E-state index in [-0.39, 0.29) is 0 Å². The predicted octanol–water partition coefficient (Wildman–Crippen LogP) is 5.29. The van der Waals surface area contributed by atoms with Crippen molar-refractivity contribution in [3.63, 3.8) is 0 Å². The summed E-state index contributed by atoms with van der Waals surface area (Å²) in [4.78, 5) is 3.45. The average Bonchev–Trinajstić information content (AvgIpc) is 2.95. The molecule has 0 amide bonds. The van der Waals surface area contributed by atoms with Gasteiger partial charge in [-0.2, -0.15) is 0 Å². The van der Waals surface area contributed by atoms with Gasteiger partial charge in [0.2, 0.25) is 0 Å². The number of para-hydroxylation sites is 1. The van der Waals surface area contributed by atoms with Gasteiger partial charge in [0.05, 0.1) is 0 Å². The van der Waals surface area contributed by atoms with Crippen LogP contribution in [0.15, 0.2) is 24.4 Å². The minimum Gasteiger partial charge on any atom is -0.416 e. The fourth-order valence-corrected chi connectivity index (χ4v) is 5.86. The fourth-order valence-electron chi connectivity index (χ4n) is 3.21. The van der Waals surface area contributed by atoms with Crippen molar-refractivity contribution in [2.45, 2.75) is 58.7 Å². The molecule has 0 spiro atoms. The normalized spacial score (nSPS) is 12.2. The summed E-state index contributed by atoms with van der Waals surface area (Å²) in [6.45, 7) is 9.95. The third-order valence-electron chi connectivity index (χ3n) is 4.98. The van der Waals surface area contributed by atoms with Crippen LogP contribution in [0.5, 0.6) is 0 Å². The standard InChI is InChI=1S/C18H29NOSi/c1-5-15-10-9-11-17-16(14-19-18(15)17)12-13-20-21(6-2,7-3)8-4/h9-11,14,19H,5-8,12-13H2,1-4H3. The molecule has 0 aliphatic heterocycles. The molecule has 0 unspecified atom stereocenters. The minimum atomic E-state index is -1.45. The number of aromatic amines is 1. The number of rotatable bonds is 8. The summed E-state index contributed by atoms with van der Waals surface area (Å²) in [5.74, 6) is 0. The van der Waals surface area contributed by atoms with Crippen molar-refractivity contribution in [3.05, 3.63) is 35.5 Å². The second-order valence-electron chi connectivity index (χ2n) is 5.85. The van der Waals surface area contributed by atoms with Crippen LogP contribution in [0.4, 0.5) is 0 Å². The van der Waals surface area contributed by atoms with Crippen LogP contribution in [0, 0.1) is 0 Å². The van der Waals surface area contributed by atoms with Gasteiger partial charge in [-0.15, -0.1) is 0 Å². The van der Waals surface area contributed by atoms with Gasteiger partial charge < -0.3 is 9.41 Å². The molecule has 0 saturated carbocycles. The summed E-state index contributed by atoms with van der Waals surface area (Å²) in [7, 11) is -1.45. The first kappa shape index (κ1) is 16.3. The summed E-state index contributed by atoms with van der Waals surface area (Å²) >= 11 is 0. The Balaban J connectivity index is 2.08. The molecule has 0 atom stereocenters. The molecule has 1 aromatic heterocycles. The third kappa shape index (κ3) is 3.41. The van der Waals surface area contributed by atoms with Crippen LogP contribution in [0.3, 0.4) is 0 Å². The zero-order valence-corrected chi connectivity index (χ0v) is 15.0. The van der Waals surface area contributed by atoms with Crippen LogP contribution in [-0.4, -0.2) is 19.9 Å². The molecule has 2 aromatic rings. The smallest absolute Gasteiger partial charge is 0.191 e. The summed E-state index contributed by atoms with van der Waals surface area (Å²) in [6.07, 6.45) is 4.26. The monoisotopic (exact) mass is 303 g/mol. The number of aryl methyl sites for hydroxylation is 1. The molecule has 2 nitrogen and oxygen atoms in total. The highest BCUT2D eigenvalue weighted by Gasteiger charge is 2.28. The van der Waals surface area contributed by atoms with Gasteiger partial charge in [-0.05, 0) is 42.1 Å². The first-order chi connectivity index (χ1) is 10.2. The second kappa shape index (κ2) is 7.28. The first-order valence-corrected chi connectivity index (χ1v) is 10.9. The Morgan fingerprint density at radius 3 is 2.33 bits per heavy atom. The Hall–Kier alpha value is -1.06. The van der Waals surface area contributed by atoms with Gasteiger partial charge in [0, 0.05) is 23.7 Å². The number of fused-ring (bicyclic) bond motifs is 1. The summed E-state index contributed by atoms with van der Waals surface area (Å²) in [5.41, 5.74) is 4.10. The van der Waals surface area contributed by atoms with Crippen molar-refractivity contribution in [1.29, 1.82) is 0 Å². The van der Waals surface area contributed by atoms with Gasteiger partial charge in [-0.25, -0.2) is 0 Å². The van der Waals surface area contributed by atoms with E-state index < -0.39 is 8.32 Å². The van der Waals surface area contributed by atoms with Gasteiger partial charge in [-0.1, -0.05) is 45.9 Å². The number of hydrogen-bond acceptors (Lipinski definition) is 1. The maximum absolute atomic E-state index is 6.38. The fraction of sp³-hybridized carbons (Fsp3) is 0.556. The van der Waals surface area contributed by atoms with Crippen molar-refractivity contribution >= 4 is 19.2 Å². The summed E-state index contributed by atoms with van der Waals surface area (Å²) in [6, 6.07) is 10.3. The second-order valence-corrected chi connectivity index (χ2v) is 10.6. The van der Waals surface area contributed by atoms with Gasteiger partial charge in [0.15, 0.2) is 8.32 Å². The highest BCUT2D eigenvalue weighted by Crippen LogP contribution is 2.25. The van der Waals surface area contributed by atoms with Crippen molar-refractivity contribution in [3.8, 4) is 0 Å². The molecule has 0 aliphatic carbocycles. The lowest BCUT2D eigenvalue weighted by Crippen LogP contribution is -2.36. The van der Waals surface area contributed by atoms with Gasteiger partial charge in [0.25, 0.3) is 0 Å². The molecule has 3 heteroatoms. The van der Waals surface area contributed by atoms with Crippen LogP contribution in [0.2, 0.25) is 18.1 Å². The lowest BCUT2D eigenvalue weighted by atomic mass is 10.1. The van der Waals surface area contributed by atoms with Crippen molar-refractivity contribution in [1.82, 2.24) is 4.98 Å². The summed E-state index contributed by atoms with van der Waals surface area (Å²) in [5, 5.41) is 1.37. The molecule has 2 rings (SSSR count). The molecule has 116 valence electrons. The predicted molar refractivity (Wildman–Crippen MR) is 94.5 cm³/mol. The van der Waals surface area contributed by atoms with Crippen molar-refractivity contribution < 1.29 is 4.43 Å². The number of hydrogen-bond donors (Lipinski definition) is 1. The van der Waals surface area contributed by atoms with Crippen LogP contribution in [0.25, 0.3) is 10.9 Å². The molecule has 0 aliphatic rings. The number of nitrogens with one attached hydrogen (secondary N) is 1. The molecular weight excluding hydrogens is 274 g/mol. The molecule has 0 fully saturated rings. The Morgan fingerprint density at radius 1 is 1.00 bits per heavy atom. The highest BCUT2D eigenvalue weighted by atomic mass is 28.4. The van der Waals surface area contributed by atoms with E-state index in [1.54, 1.807) is 0 Å². The lowest BCUT2D eigenvalue weighted by Gasteiger charge is -2.27. The quantitative estimate of drug-likeness (QED) is 0.658. The summed E-state index contributed by atoms with van der Waals surface area (Å²) < 4.78 is 6.38. The molecular formula is C18H29NOSi. The van der Waals surface area contributed by atoms with E-state index in [1.165, 1.54) is 40.2 Å². The first-order valence-electron chi connectivity index (χ1n) is 8.41. The molecule has 21 heavy (non-hydrogen) atoms. The third-order valence-corrected chi connectivity index (χ3v) is 9.66. The van der Waals surface area contributed by atoms with E-state index >= 15 is 0 Å². The Morgan fingerprint density at radius 2 is 1.71 bits per heavy atom. The van der Waals surface area contributed by atoms with E-state index in [9.17, 15) is 0 Å². The van der Waals surface area contributed by atoms with E-state index in [0.717, 1.165) is 19.4 Å². The highest BCUT2D eigenvalue weighted by molar-refractivity contribution is 6.73. The Labute approximate surface area is 130 Å². The molecule has 0 radical (unpaired) electrons.